The van der Waals surface area contributed by atoms with Crippen LogP contribution < -0.4 is 10.6 Å². The molecule has 0 bridgehead atoms. The Hall–Kier alpha value is -0.910. The molecule has 0 aromatic carbocycles. The van der Waals surface area contributed by atoms with Gasteiger partial charge in [-0.1, -0.05) is 19.3 Å². The predicted molar refractivity (Wildman–Crippen MR) is 75.5 cm³/mol. The highest BCUT2D eigenvalue weighted by atomic mass is 32.2. The summed E-state index contributed by atoms with van der Waals surface area (Å²) in [7, 11) is 0. The molecule has 0 aromatic rings. The molecular formula is C13H22N2O3S. The number of carboxylic acids is 1. The maximum absolute atomic E-state index is 11.9. The Morgan fingerprint density at radius 1 is 1.16 bits per heavy atom. The summed E-state index contributed by atoms with van der Waals surface area (Å²) < 4.78 is 0.195. The van der Waals surface area contributed by atoms with E-state index in [1.807, 2.05) is 6.26 Å². The van der Waals surface area contributed by atoms with Crippen molar-refractivity contribution in [2.24, 2.45) is 0 Å². The first kappa shape index (κ1) is 14.5. The normalized spacial score (nSPS) is 23.4. The van der Waals surface area contributed by atoms with Crippen molar-refractivity contribution in [1.29, 1.82) is 0 Å². The van der Waals surface area contributed by atoms with Crippen LogP contribution in [0, 0.1) is 0 Å². The van der Waals surface area contributed by atoms with Crippen LogP contribution in [0.4, 0.5) is 4.79 Å². The third kappa shape index (κ3) is 3.35. The zero-order valence-electron chi connectivity index (χ0n) is 11.3. The Morgan fingerprint density at radius 3 is 2.26 bits per heavy atom. The van der Waals surface area contributed by atoms with Crippen molar-refractivity contribution >= 4 is 23.8 Å². The van der Waals surface area contributed by atoms with E-state index in [1.54, 1.807) is 11.8 Å². The predicted octanol–water partition coefficient (Wildman–Crippen LogP) is 1.97. The zero-order chi connectivity index (χ0) is 13.9. The molecule has 0 spiro atoms. The van der Waals surface area contributed by atoms with E-state index < -0.39 is 11.5 Å². The molecule has 0 unspecified atom stereocenters. The number of nitrogens with one attached hydrogen (secondary N) is 2. The Balaban J connectivity index is 1.86. The van der Waals surface area contributed by atoms with Crippen molar-refractivity contribution in [2.45, 2.75) is 55.2 Å². The highest BCUT2D eigenvalue weighted by Gasteiger charge is 2.44. The number of carbonyl (C=O) groups is 2. The first-order valence-corrected chi connectivity index (χ1v) is 8.09. The maximum Gasteiger partial charge on any atom is 0.329 e. The van der Waals surface area contributed by atoms with Crippen LogP contribution in [0.25, 0.3) is 0 Å². The van der Waals surface area contributed by atoms with Crippen molar-refractivity contribution in [2.75, 3.05) is 12.8 Å². The van der Waals surface area contributed by atoms with Crippen LogP contribution in [0.5, 0.6) is 0 Å². The van der Waals surface area contributed by atoms with E-state index in [1.165, 1.54) is 0 Å². The van der Waals surface area contributed by atoms with Gasteiger partial charge in [0, 0.05) is 11.3 Å². The molecule has 2 aliphatic carbocycles. The van der Waals surface area contributed by atoms with Crippen LogP contribution in [0.1, 0.15) is 44.9 Å². The SMILES string of the molecule is CSC1(CNC(=O)NC2(C(=O)O)CCCCC2)CC1. The van der Waals surface area contributed by atoms with E-state index in [9.17, 15) is 14.7 Å². The average Bonchev–Trinajstić information content (AvgIpc) is 3.18. The molecule has 2 aliphatic rings. The number of rotatable bonds is 5. The van der Waals surface area contributed by atoms with Gasteiger partial charge in [-0.15, -0.1) is 0 Å². The second-order valence-corrected chi connectivity index (χ2v) is 6.92. The largest absolute Gasteiger partial charge is 0.480 e. The molecule has 0 aromatic heterocycles. The van der Waals surface area contributed by atoms with Crippen LogP contribution in [0.15, 0.2) is 0 Å². The molecule has 108 valence electrons. The molecule has 19 heavy (non-hydrogen) atoms. The van der Waals surface area contributed by atoms with E-state index in [4.69, 9.17) is 0 Å². The number of hydrogen-bond donors (Lipinski definition) is 3. The number of carboxylic acid groups (broad SMARTS) is 1. The summed E-state index contributed by atoms with van der Waals surface area (Å²) in [6.07, 6.45) is 8.13. The van der Waals surface area contributed by atoms with Crippen molar-refractivity contribution in [3.05, 3.63) is 0 Å². The van der Waals surface area contributed by atoms with E-state index >= 15 is 0 Å². The Morgan fingerprint density at radius 2 is 1.79 bits per heavy atom. The fourth-order valence-corrected chi connectivity index (χ4v) is 3.37. The number of urea groups is 1. The molecule has 0 radical (unpaired) electrons. The van der Waals surface area contributed by atoms with Gasteiger partial charge in [0.15, 0.2) is 0 Å². The van der Waals surface area contributed by atoms with Gasteiger partial charge in [-0.2, -0.15) is 11.8 Å². The minimum absolute atomic E-state index is 0.195. The lowest BCUT2D eigenvalue weighted by Crippen LogP contribution is -2.58. The summed E-state index contributed by atoms with van der Waals surface area (Å²) in [6.45, 7) is 0.621. The number of carbonyl (C=O) groups excluding carboxylic acids is 1. The summed E-state index contributed by atoms with van der Waals surface area (Å²) in [6, 6.07) is -0.343. The average molecular weight is 286 g/mol. The van der Waals surface area contributed by atoms with Gasteiger partial charge in [0.05, 0.1) is 0 Å². The third-order valence-electron chi connectivity index (χ3n) is 4.28. The zero-order valence-corrected chi connectivity index (χ0v) is 12.1. The third-order valence-corrected chi connectivity index (χ3v) is 5.70. The molecule has 2 fully saturated rings. The second kappa shape index (κ2) is 5.61. The van der Waals surface area contributed by atoms with Crippen LogP contribution in [-0.4, -0.2) is 40.2 Å². The van der Waals surface area contributed by atoms with Crippen molar-refractivity contribution in [3.63, 3.8) is 0 Å². The Kier molecular flexibility index (Phi) is 4.28. The molecule has 6 heteroatoms. The van der Waals surface area contributed by atoms with Gasteiger partial charge in [0.2, 0.25) is 0 Å². The first-order valence-electron chi connectivity index (χ1n) is 6.87. The van der Waals surface area contributed by atoms with Gasteiger partial charge in [0.1, 0.15) is 5.54 Å². The molecule has 3 N–H and O–H groups in total. The van der Waals surface area contributed by atoms with E-state index in [0.29, 0.717) is 19.4 Å². The van der Waals surface area contributed by atoms with Gasteiger partial charge in [-0.05, 0) is 31.9 Å². The second-order valence-electron chi connectivity index (χ2n) is 5.64. The maximum atomic E-state index is 11.9. The van der Waals surface area contributed by atoms with Crippen molar-refractivity contribution in [3.8, 4) is 0 Å². The number of amides is 2. The molecule has 0 aliphatic heterocycles. The van der Waals surface area contributed by atoms with Crippen molar-refractivity contribution in [1.82, 2.24) is 10.6 Å². The monoisotopic (exact) mass is 286 g/mol. The molecule has 2 saturated carbocycles. The summed E-state index contributed by atoms with van der Waals surface area (Å²) in [5.74, 6) is -0.909. The summed E-state index contributed by atoms with van der Waals surface area (Å²) in [5.41, 5.74) is -1.06. The lowest BCUT2D eigenvalue weighted by atomic mass is 9.82. The van der Waals surface area contributed by atoms with Gasteiger partial charge in [-0.25, -0.2) is 9.59 Å². The quantitative estimate of drug-likeness (QED) is 0.722. The highest BCUT2D eigenvalue weighted by Crippen LogP contribution is 2.46. The molecule has 0 heterocycles. The fourth-order valence-electron chi connectivity index (χ4n) is 2.64. The van der Waals surface area contributed by atoms with Crippen molar-refractivity contribution < 1.29 is 14.7 Å². The molecule has 0 atom stereocenters. The minimum Gasteiger partial charge on any atom is -0.480 e. The number of hydrogen-bond acceptors (Lipinski definition) is 3. The van der Waals surface area contributed by atoms with Gasteiger partial charge >= 0.3 is 12.0 Å². The molecule has 5 nitrogen and oxygen atoms in total. The van der Waals surface area contributed by atoms with Gasteiger partial charge in [0.25, 0.3) is 0 Å². The number of thioether (sulfide) groups is 1. The molecule has 2 amide bonds. The van der Waals surface area contributed by atoms with Gasteiger partial charge < -0.3 is 15.7 Å². The lowest BCUT2D eigenvalue weighted by molar-refractivity contribution is -0.145. The van der Waals surface area contributed by atoms with E-state index in [-0.39, 0.29) is 10.8 Å². The summed E-state index contributed by atoms with van der Waals surface area (Å²) in [5, 5.41) is 14.9. The summed E-state index contributed by atoms with van der Waals surface area (Å²) in [4.78, 5) is 23.4. The standard InChI is InChI=1S/C13H22N2O3S/c1-19-12(7-8-12)9-14-11(18)15-13(10(16)17)5-3-2-4-6-13/h2-9H2,1H3,(H,16,17)(H2,14,15,18). The first-order chi connectivity index (χ1) is 9.02. The molecule has 0 saturated heterocycles. The number of aliphatic carboxylic acids is 1. The van der Waals surface area contributed by atoms with Gasteiger partial charge in [-0.3, -0.25) is 0 Å². The Bertz CT molecular complexity index is 363. The van der Waals surface area contributed by atoms with Crippen LogP contribution in [0.2, 0.25) is 0 Å². The van der Waals surface area contributed by atoms with E-state index in [2.05, 4.69) is 10.6 Å². The van der Waals surface area contributed by atoms with Crippen LogP contribution >= 0.6 is 11.8 Å². The van der Waals surface area contributed by atoms with Crippen LogP contribution in [0.3, 0.4) is 0 Å². The summed E-state index contributed by atoms with van der Waals surface area (Å²) >= 11 is 1.77. The smallest absolute Gasteiger partial charge is 0.329 e. The Labute approximate surface area is 117 Å². The van der Waals surface area contributed by atoms with Crippen LogP contribution in [-0.2, 0) is 4.79 Å². The highest BCUT2D eigenvalue weighted by molar-refractivity contribution is 8.00. The minimum atomic E-state index is -1.06. The topological polar surface area (TPSA) is 78.4 Å². The molecule has 2 rings (SSSR count). The lowest BCUT2D eigenvalue weighted by Gasteiger charge is -2.34. The fraction of sp³-hybridized carbons (Fsp3) is 0.846. The molecular weight excluding hydrogens is 264 g/mol. The van der Waals surface area contributed by atoms with E-state index in [0.717, 1.165) is 32.1 Å².